The minimum absolute atomic E-state index is 0.000106. The number of amides is 3. The second-order valence-electron chi connectivity index (χ2n) is 10.3. The topological polar surface area (TPSA) is 108 Å². The quantitative estimate of drug-likeness (QED) is 0.333. The summed E-state index contributed by atoms with van der Waals surface area (Å²) in [5.41, 5.74) is 2.14. The molecule has 2 bridgehead atoms. The zero-order chi connectivity index (χ0) is 26.3. The first-order valence-electron chi connectivity index (χ1n) is 12.7. The van der Waals surface area contributed by atoms with Crippen molar-refractivity contribution in [3.63, 3.8) is 0 Å². The highest BCUT2D eigenvalue weighted by Gasteiger charge is 2.76. The molecule has 6 atom stereocenters. The van der Waals surface area contributed by atoms with Gasteiger partial charge in [0.05, 0.1) is 17.9 Å². The number of nitrogens with zero attached hydrogens (tertiary/aromatic N) is 1. The maximum atomic E-state index is 13.9. The molecule has 0 aromatic heterocycles. The van der Waals surface area contributed by atoms with Crippen LogP contribution >= 0.6 is 15.9 Å². The van der Waals surface area contributed by atoms with Gasteiger partial charge in [0, 0.05) is 29.4 Å². The molecule has 2 aromatic rings. The minimum Gasteiger partial charge on any atom is -0.396 e. The van der Waals surface area contributed by atoms with E-state index in [2.05, 4.69) is 26.6 Å². The maximum absolute atomic E-state index is 13.9. The van der Waals surface area contributed by atoms with Crippen molar-refractivity contribution in [2.24, 2.45) is 11.8 Å². The van der Waals surface area contributed by atoms with Crippen LogP contribution in [-0.4, -0.2) is 63.5 Å². The second kappa shape index (κ2) is 10.2. The lowest BCUT2D eigenvalue weighted by molar-refractivity contribution is -0.139. The van der Waals surface area contributed by atoms with E-state index in [1.54, 1.807) is 17.0 Å². The number of aliphatic hydroxyl groups excluding tert-OH is 1. The molecule has 0 radical (unpaired) electrons. The molecular weight excluding hydrogens is 538 g/mol. The van der Waals surface area contributed by atoms with Crippen LogP contribution in [0.5, 0.6) is 0 Å². The molecule has 3 aliphatic heterocycles. The minimum atomic E-state index is -1.12. The largest absolute Gasteiger partial charge is 0.396 e. The number of anilines is 2. The number of halogens is 1. The molecule has 3 fully saturated rings. The molecule has 3 N–H and O–H groups in total. The van der Waals surface area contributed by atoms with E-state index >= 15 is 0 Å². The highest BCUT2D eigenvalue weighted by atomic mass is 79.9. The van der Waals surface area contributed by atoms with Crippen molar-refractivity contribution in [3.05, 3.63) is 59.7 Å². The van der Waals surface area contributed by atoms with Gasteiger partial charge in [-0.1, -0.05) is 46.3 Å². The summed E-state index contributed by atoms with van der Waals surface area (Å²) in [6, 6.07) is 14.1. The van der Waals surface area contributed by atoms with Crippen LogP contribution in [0.25, 0.3) is 0 Å². The number of carbonyl (C=O) groups excluding carboxylic acids is 3. The molecule has 0 saturated carbocycles. The van der Waals surface area contributed by atoms with Gasteiger partial charge in [-0.15, -0.1) is 0 Å². The number of likely N-dealkylation sites (tertiary alicyclic amines) is 1. The molecule has 196 valence electrons. The average Bonchev–Trinajstić information content (AvgIpc) is 3.46. The number of unbranched alkanes of at least 4 members (excludes halogenated alkanes) is 1. The number of aryl methyl sites for hydroxylation is 2. The van der Waals surface area contributed by atoms with Gasteiger partial charge in [-0.2, -0.15) is 0 Å². The number of para-hydroxylation sites is 1. The van der Waals surface area contributed by atoms with Crippen molar-refractivity contribution in [2.75, 3.05) is 23.8 Å². The number of fused-ring (bicyclic) bond motifs is 1. The Morgan fingerprint density at radius 2 is 1.86 bits per heavy atom. The smallest absolute Gasteiger partial charge is 0.250 e. The fourth-order valence-corrected chi connectivity index (χ4v) is 7.13. The summed E-state index contributed by atoms with van der Waals surface area (Å²) >= 11 is 3.69. The molecule has 3 aliphatic rings. The monoisotopic (exact) mass is 569 g/mol. The normalized spacial score (nSPS) is 29.9. The third kappa shape index (κ3) is 4.47. The molecule has 37 heavy (non-hydrogen) atoms. The Kier molecular flexibility index (Phi) is 7.13. The number of hydrogen-bond donors (Lipinski definition) is 3. The molecular formula is C28H32BrN3O5. The van der Waals surface area contributed by atoms with E-state index in [4.69, 9.17) is 4.74 Å². The Hall–Kier alpha value is -2.75. The van der Waals surface area contributed by atoms with Crippen molar-refractivity contribution in [1.29, 1.82) is 0 Å². The lowest BCUT2D eigenvalue weighted by atomic mass is 9.70. The molecule has 2 aromatic carbocycles. The Labute approximate surface area is 224 Å². The molecule has 0 aliphatic carbocycles. The van der Waals surface area contributed by atoms with Crippen molar-refractivity contribution >= 4 is 45.0 Å². The Bertz CT molecular complexity index is 1210. The molecule has 3 heterocycles. The number of alkyl halides is 1. The zero-order valence-electron chi connectivity index (χ0n) is 20.9. The van der Waals surface area contributed by atoms with Gasteiger partial charge in [0.1, 0.15) is 11.6 Å². The van der Waals surface area contributed by atoms with Crippen LogP contribution in [0.3, 0.4) is 0 Å². The van der Waals surface area contributed by atoms with Gasteiger partial charge >= 0.3 is 0 Å². The zero-order valence-corrected chi connectivity index (χ0v) is 22.5. The Morgan fingerprint density at radius 3 is 2.59 bits per heavy atom. The van der Waals surface area contributed by atoms with E-state index in [9.17, 15) is 19.5 Å². The van der Waals surface area contributed by atoms with E-state index in [1.807, 2.05) is 50.2 Å². The third-order valence-corrected chi connectivity index (χ3v) is 8.68. The first-order chi connectivity index (χ1) is 17.8. The summed E-state index contributed by atoms with van der Waals surface area (Å²) in [6.07, 6.45) is 0.980. The van der Waals surface area contributed by atoms with Crippen LogP contribution in [0.2, 0.25) is 0 Å². The summed E-state index contributed by atoms with van der Waals surface area (Å²) in [7, 11) is 0. The molecule has 1 spiro atoms. The summed E-state index contributed by atoms with van der Waals surface area (Å²) in [5, 5.41) is 15.3. The van der Waals surface area contributed by atoms with E-state index in [1.165, 1.54) is 0 Å². The van der Waals surface area contributed by atoms with Gasteiger partial charge in [0.15, 0.2) is 0 Å². The van der Waals surface area contributed by atoms with Crippen LogP contribution in [0.15, 0.2) is 48.5 Å². The molecule has 8 nitrogen and oxygen atoms in total. The fourth-order valence-electron chi connectivity index (χ4n) is 6.18. The van der Waals surface area contributed by atoms with Crippen molar-refractivity contribution < 1.29 is 24.2 Å². The van der Waals surface area contributed by atoms with Gasteiger partial charge < -0.3 is 25.4 Å². The van der Waals surface area contributed by atoms with Crippen LogP contribution in [-0.2, 0) is 19.1 Å². The summed E-state index contributed by atoms with van der Waals surface area (Å²) in [5.74, 6) is -2.35. The number of carbonyl (C=O) groups is 3. The molecule has 5 rings (SSSR count). The van der Waals surface area contributed by atoms with Crippen LogP contribution in [0.4, 0.5) is 11.4 Å². The number of aliphatic hydroxyl groups is 1. The summed E-state index contributed by atoms with van der Waals surface area (Å²) in [6.45, 7) is 4.18. The molecule has 3 saturated heterocycles. The summed E-state index contributed by atoms with van der Waals surface area (Å²) in [4.78, 5) is 42.8. The van der Waals surface area contributed by atoms with Crippen LogP contribution in [0.1, 0.15) is 30.4 Å². The van der Waals surface area contributed by atoms with Gasteiger partial charge in [-0.3, -0.25) is 14.4 Å². The van der Waals surface area contributed by atoms with Gasteiger partial charge in [-0.25, -0.2) is 0 Å². The van der Waals surface area contributed by atoms with Crippen molar-refractivity contribution in [3.8, 4) is 0 Å². The van der Waals surface area contributed by atoms with Crippen LogP contribution in [0, 0.1) is 25.7 Å². The highest BCUT2D eigenvalue weighted by Crippen LogP contribution is 2.60. The maximum Gasteiger partial charge on any atom is 0.250 e. The van der Waals surface area contributed by atoms with Gasteiger partial charge in [0.2, 0.25) is 17.7 Å². The first-order valence-corrected chi connectivity index (χ1v) is 13.7. The number of hydrogen-bond acceptors (Lipinski definition) is 5. The van der Waals surface area contributed by atoms with E-state index in [-0.39, 0.29) is 29.2 Å². The van der Waals surface area contributed by atoms with Crippen molar-refractivity contribution in [1.82, 2.24) is 4.90 Å². The lowest BCUT2D eigenvalue weighted by Gasteiger charge is -2.34. The first kappa shape index (κ1) is 25.9. The summed E-state index contributed by atoms with van der Waals surface area (Å²) < 4.78 is 6.52. The number of rotatable bonds is 8. The second-order valence-corrected chi connectivity index (χ2v) is 11.5. The molecule has 3 amide bonds. The number of nitrogens with one attached hydrogen (secondary N) is 2. The fraction of sp³-hybridized carbons (Fsp3) is 0.464. The van der Waals surface area contributed by atoms with Crippen molar-refractivity contribution in [2.45, 2.75) is 55.7 Å². The van der Waals surface area contributed by atoms with Crippen LogP contribution < -0.4 is 10.6 Å². The highest BCUT2D eigenvalue weighted by molar-refractivity contribution is 9.09. The Morgan fingerprint density at radius 1 is 1.11 bits per heavy atom. The van der Waals surface area contributed by atoms with E-state index in [0.29, 0.717) is 37.2 Å². The van der Waals surface area contributed by atoms with E-state index < -0.39 is 29.6 Å². The molecule has 9 heteroatoms. The van der Waals surface area contributed by atoms with E-state index in [0.717, 1.165) is 11.1 Å². The lowest BCUT2D eigenvalue weighted by Crippen LogP contribution is -2.54. The average molecular weight is 570 g/mol. The third-order valence-electron chi connectivity index (χ3n) is 7.84. The standard InChI is InChI=1S/C28H32BrN3O5/c1-16-10-11-17(2)20(14-16)31-26(35)24-28-15-19(29)23(37-28)21(25(34)30-18-8-4-3-5-9-18)22(28)27(36)32(24)12-6-7-13-33/h3-5,8-11,14,19,21-24,33H,6-7,12-13,15H2,1-2H3,(H,30,34)(H,31,35)/t19?,21-,22+,23-,24?,28?/m1/s1. The predicted octanol–water partition coefficient (Wildman–Crippen LogP) is 3.40. The SMILES string of the molecule is Cc1ccc(C)c(NC(=O)C2N(CCCCO)C(=O)[C@@H]3[C@@H](C(=O)Nc4ccccc4)[C@@H]4OC23CC4Br)c1. The van der Waals surface area contributed by atoms with Gasteiger partial charge in [0.25, 0.3) is 0 Å². The number of benzene rings is 2. The number of ether oxygens (including phenoxy) is 1. The predicted molar refractivity (Wildman–Crippen MR) is 143 cm³/mol. The molecule has 3 unspecified atom stereocenters. The Balaban J connectivity index is 1.49. The van der Waals surface area contributed by atoms with Gasteiger partial charge in [-0.05, 0) is 62.4 Å².